The smallest absolute Gasteiger partial charge is 0.164 e. The lowest BCUT2D eigenvalue weighted by Gasteiger charge is -2.39. The molecule has 0 atom stereocenters. The second kappa shape index (κ2) is 5.61. The Balaban J connectivity index is 2.54. The van der Waals surface area contributed by atoms with Crippen molar-refractivity contribution in [2.75, 3.05) is 26.7 Å². The van der Waals surface area contributed by atoms with Crippen LogP contribution in [-0.2, 0) is 9.53 Å². The largest absolute Gasteiger partial charge is 0.370 e. The van der Waals surface area contributed by atoms with Gasteiger partial charge in [-0.25, -0.2) is 0 Å². The van der Waals surface area contributed by atoms with Crippen molar-refractivity contribution >= 4 is 5.78 Å². The average Bonchev–Trinajstić information content (AvgIpc) is 2.30. The van der Waals surface area contributed by atoms with Crippen LogP contribution < -0.4 is 0 Å². The van der Waals surface area contributed by atoms with Crippen LogP contribution in [0.2, 0.25) is 0 Å². The highest BCUT2D eigenvalue weighted by Gasteiger charge is 2.39. The Morgan fingerprint density at radius 1 is 1.33 bits per heavy atom. The molecule has 0 N–H and O–H groups in total. The van der Waals surface area contributed by atoms with E-state index in [4.69, 9.17) is 4.74 Å². The van der Waals surface area contributed by atoms with E-state index in [0.29, 0.717) is 6.42 Å². The van der Waals surface area contributed by atoms with E-state index in [1.54, 1.807) is 7.11 Å². The zero-order valence-electron chi connectivity index (χ0n) is 10.2. The molecule has 1 rings (SSSR count). The molecule has 1 heterocycles. The van der Waals surface area contributed by atoms with Crippen LogP contribution in [0.15, 0.2) is 0 Å². The molecule has 0 aromatic heterocycles. The summed E-state index contributed by atoms with van der Waals surface area (Å²) in [6.07, 6.45) is 3.48. The number of nitrogens with zero attached hydrogens (tertiary/aromatic N) is 1. The van der Waals surface area contributed by atoms with E-state index >= 15 is 0 Å². The fourth-order valence-corrected chi connectivity index (χ4v) is 2.37. The van der Waals surface area contributed by atoms with E-state index in [1.165, 1.54) is 6.42 Å². The van der Waals surface area contributed by atoms with Crippen molar-refractivity contribution in [2.45, 2.75) is 45.1 Å². The molecule has 0 aromatic carbocycles. The molecule has 3 nitrogen and oxygen atoms in total. The lowest BCUT2D eigenvalue weighted by molar-refractivity contribution is -0.146. The lowest BCUT2D eigenvalue weighted by atomic mass is 9.85. The molecule has 1 aliphatic heterocycles. The summed E-state index contributed by atoms with van der Waals surface area (Å²) in [4.78, 5) is 14.3. The first-order valence-corrected chi connectivity index (χ1v) is 5.99. The summed E-state index contributed by atoms with van der Waals surface area (Å²) in [5.41, 5.74) is -0.473. The van der Waals surface area contributed by atoms with Crippen molar-refractivity contribution in [1.29, 1.82) is 0 Å². The maximum Gasteiger partial charge on any atom is 0.164 e. The molecule has 0 spiro atoms. The highest BCUT2D eigenvalue weighted by atomic mass is 16.5. The lowest BCUT2D eigenvalue weighted by Crippen LogP contribution is -2.50. The van der Waals surface area contributed by atoms with E-state index in [9.17, 15) is 4.79 Å². The summed E-state index contributed by atoms with van der Waals surface area (Å²) in [6, 6.07) is 0. The van der Waals surface area contributed by atoms with Crippen molar-refractivity contribution in [3.05, 3.63) is 0 Å². The summed E-state index contributed by atoms with van der Waals surface area (Å²) >= 11 is 0. The molecule has 88 valence electrons. The second-order valence-corrected chi connectivity index (χ2v) is 4.32. The molecule has 0 aromatic rings. The van der Waals surface area contributed by atoms with Crippen molar-refractivity contribution < 1.29 is 9.53 Å². The first-order chi connectivity index (χ1) is 7.18. The summed E-state index contributed by atoms with van der Waals surface area (Å²) < 4.78 is 5.48. The van der Waals surface area contributed by atoms with Gasteiger partial charge in [0.2, 0.25) is 0 Å². The fraction of sp³-hybridized carbons (Fsp3) is 0.917. The number of methoxy groups -OCH3 is 1. The molecule has 0 amide bonds. The van der Waals surface area contributed by atoms with E-state index in [1.807, 2.05) is 6.92 Å². The molecule has 3 heteroatoms. The highest BCUT2D eigenvalue weighted by Crippen LogP contribution is 2.27. The van der Waals surface area contributed by atoms with Gasteiger partial charge in [0.25, 0.3) is 0 Å². The molecule has 0 saturated carbocycles. The summed E-state index contributed by atoms with van der Waals surface area (Å²) in [6.45, 7) is 7.23. The number of carbonyl (C=O) groups is 1. The first-order valence-electron chi connectivity index (χ1n) is 5.99. The number of hydrogen-bond acceptors (Lipinski definition) is 3. The molecule has 1 fully saturated rings. The van der Waals surface area contributed by atoms with Gasteiger partial charge in [0.15, 0.2) is 5.78 Å². The minimum atomic E-state index is -0.473. The SMILES string of the molecule is CCCN1CCC(OC)(C(=O)CC)CC1. The topological polar surface area (TPSA) is 29.5 Å². The van der Waals surface area contributed by atoms with Crippen molar-refractivity contribution in [3.8, 4) is 0 Å². The van der Waals surface area contributed by atoms with E-state index in [-0.39, 0.29) is 5.78 Å². The number of ketones is 1. The molecular weight excluding hydrogens is 190 g/mol. The first kappa shape index (κ1) is 12.7. The van der Waals surface area contributed by atoms with Gasteiger partial charge in [-0.2, -0.15) is 0 Å². The van der Waals surface area contributed by atoms with Crippen LogP contribution in [0.3, 0.4) is 0 Å². The van der Waals surface area contributed by atoms with Crippen LogP contribution in [0.5, 0.6) is 0 Å². The summed E-state index contributed by atoms with van der Waals surface area (Å²) in [5.74, 6) is 0.265. The van der Waals surface area contributed by atoms with Gasteiger partial charge in [0, 0.05) is 26.6 Å². The minimum absolute atomic E-state index is 0.265. The van der Waals surface area contributed by atoms with Crippen LogP contribution in [0.25, 0.3) is 0 Å². The third-order valence-corrected chi connectivity index (χ3v) is 3.42. The fourth-order valence-electron chi connectivity index (χ4n) is 2.37. The molecule has 0 bridgehead atoms. The van der Waals surface area contributed by atoms with Gasteiger partial charge in [-0.1, -0.05) is 13.8 Å². The third kappa shape index (κ3) is 2.79. The molecule has 0 radical (unpaired) electrons. The van der Waals surface area contributed by atoms with E-state index in [2.05, 4.69) is 11.8 Å². The predicted molar refractivity (Wildman–Crippen MR) is 61.0 cm³/mol. The summed E-state index contributed by atoms with van der Waals surface area (Å²) in [5, 5.41) is 0. The Bertz CT molecular complexity index is 208. The van der Waals surface area contributed by atoms with Gasteiger partial charge in [0.1, 0.15) is 5.60 Å². The Morgan fingerprint density at radius 2 is 1.93 bits per heavy atom. The number of ether oxygens (including phenoxy) is 1. The van der Waals surface area contributed by atoms with Crippen molar-refractivity contribution in [1.82, 2.24) is 4.90 Å². The molecule has 0 unspecified atom stereocenters. The maximum atomic E-state index is 11.8. The van der Waals surface area contributed by atoms with Crippen LogP contribution in [0, 0.1) is 0 Å². The second-order valence-electron chi connectivity index (χ2n) is 4.32. The van der Waals surface area contributed by atoms with Gasteiger partial charge < -0.3 is 9.64 Å². The van der Waals surface area contributed by atoms with Gasteiger partial charge in [-0.3, -0.25) is 4.79 Å². The molecule has 0 aliphatic carbocycles. The Kier molecular flexibility index (Phi) is 4.74. The van der Waals surface area contributed by atoms with Crippen LogP contribution in [0.4, 0.5) is 0 Å². The van der Waals surface area contributed by atoms with Crippen molar-refractivity contribution in [2.24, 2.45) is 0 Å². The molecule has 1 aliphatic rings. The summed E-state index contributed by atoms with van der Waals surface area (Å²) in [7, 11) is 1.67. The monoisotopic (exact) mass is 213 g/mol. The van der Waals surface area contributed by atoms with Gasteiger partial charge >= 0.3 is 0 Å². The standard InChI is InChI=1S/C12H23NO2/c1-4-8-13-9-6-12(15-3,7-10-13)11(14)5-2/h4-10H2,1-3H3. The quantitative estimate of drug-likeness (QED) is 0.698. The average molecular weight is 213 g/mol. The van der Waals surface area contributed by atoms with Gasteiger partial charge in [-0.15, -0.1) is 0 Å². The zero-order chi connectivity index (χ0) is 11.3. The normalized spacial score (nSPS) is 21.5. The number of likely N-dealkylation sites (tertiary alicyclic amines) is 1. The number of Topliss-reactive ketones (excluding diaryl/α,β-unsaturated/α-hetero) is 1. The number of rotatable bonds is 5. The molecule has 1 saturated heterocycles. The van der Waals surface area contributed by atoms with Crippen molar-refractivity contribution in [3.63, 3.8) is 0 Å². The number of hydrogen-bond donors (Lipinski definition) is 0. The Hall–Kier alpha value is -0.410. The number of carbonyl (C=O) groups excluding carboxylic acids is 1. The molecular formula is C12H23NO2. The maximum absolute atomic E-state index is 11.8. The number of piperidine rings is 1. The molecule has 15 heavy (non-hydrogen) atoms. The van der Waals surface area contributed by atoms with Gasteiger partial charge in [0.05, 0.1) is 0 Å². The van der Waals surface area contributed by atoms with Crippen LogP contribution >= 0.6 is 0 Å². The van der Waals surface area contributed by atoms with Gasteiger partial charge in [-0.05, 0) is 25.8 Å². The predicted octanol–water partition coefficient (Wildman–Crippen LogP) is 1.86. The van der Waals surface area contributed by atoms with Crippen LogP contribution in [-0.4, -0.2) is 43.0 Å². The Morgan fingerprint density at radius 3 is 2.33 bits per heavy atom. The highest BCUT2D eigenvalue weighted by molar-refractivity contribution is 5.87. The van der Waals surface area contributed by atoms with E-state index in [0.717, 1.165) is 32.5 Å². The Labute approximate surface area is 92.8 Å². The third-order valence-electron chi connectivity index (χ3n) is 3.42. The van der Waals surface area contributed by atoms with Crippen LogP contribution in [0.1, 0.15) is 39.5 Å². The minimum Gasteiger partial charge on any atom is -0.370 e. The van der Waals surface area contributed by atoms with E-state index < -0.39 is 5.60 Å². The zero-order valence-corrected chi connectivity index (χ0v) is 10.2.